The van der Waals surface area contributed by atoms with E-state index in [9.17, 15) is 19.5 Å². The fourth-order valence-electron chi connectivity index (χ4n) is 5.58. The Labute approximate surface area is 304 Å². The van der Waals surface area contributed by atoms with Gasteiger partial charge in [0.25, 0.3) is 0 Å². The third-order valence-electron chi connectivity index (χ3n) is 8.41. The van der Waals surface area contributed by atoms with Gasteiger partial charge in [0.2, 0.25) is 5.91 Å². The Balaban J connectivity index is 1.48. The monoisotopic (exact) mass is 718 g/mol. The highest BCUT2D eigenvalue weighted by atomic mass is 32.1. The molecule has 12 nitrogen and oxygen atoms in total. The van der Waals surface area contributed by atoms with Crippen LogP contribution < -0.4 is 16.0 Å². The molecule has 4 amide bonds. The third-order valence-corrected chi connectivity index (χ3v) is 9.61. The SMILES string of the molecule is CCN(Cc1csc(C(C)C)n1)C(=O)N[C@H](C(=O)N[C@@H](Cc1ccccc1)C[C@H](O)[C@H](Cc1ccccc1)NC(=O)OCc1ccno1)C(C)C. The van der Waals surface area contributed by atoms with Crippen molar-refractivity contribution in [2.45, 2.75) is 97.2 Å². The molecule has 0 spiro atoms. The van der Waals surface area contributed by atoms with Crippen molar-refractivity contribution in [3.8, 4) is 0 Å². The minimum absolute atomic E-state index is 0.113. The number of aliphatic hydroxyl groups excluding tert-OH is 1. The number of rotatable bonds is 18. The Hall–Kier alpha value is -4.75. The van der Waals surface area contributed by atoms with E-state index in [2.05, 4.69) is 39.9 Å². The van der Waals surface area contributed by atoms with Gasteiger partial charge >= 0.3 is 12.1 Å². The molecule has 2 aromatic carbocycles. The number of nitrogens with one attached hydrogen (secondary N) is 3. The number of benzene rings is 2. The summed E-state index contributed by atoms with van der Waals surface area (Å²) in [7, 11) is 0. The van der Waals surface area contributed by atoms with Crippen molar-refractivity contribution < 1.29 is 28.8 Å². The summed E-state index contributed by atoms with van der Waals surface area (Å²) in [6.45, 7) is 10.5. The predicted molar refractivity (Wildman–Crippen MR) is 196 cm³/mol. The van der Waals surface area contributed by atoms with Crippen LogP contribution in [0.25, 0.3) is 0 Å². The van der Waals surface area contributed by atoms with E-state index in [1.807, 2.05) is 86.8 Å². The Morgan fingerprint density at radius 3 is 2.16 bits per heavy atom. The van der Waals surface area contributed by atoms with Crippen LogP contribution in [0.1, 0.15) is 74.5 Å². The molecule has 0 saturated heterocycles. The van der Waals surface area contributed by atoms with Gasteiger partial charge in [0.1, 0.15) is 6.04 Å². The summed E-state index contributed by atoms with van der Waals surface area (Å²) in [5.41, 5.74) is 2.67. The molecular weight excluding hydrogens is 669 g/mol. The van der Waals surface area contributed by atoms with Gasteiger partial charge in [-0.3, -0.25) is 4.79 Å². The Morgan fingerprint density at radius 2 is 1.59 bits per heavy atom. The number of urea groups is 1. The molecule has 2 heterocycles. The first-order valence-electron chi connectivity index (χ1n) is 17.4. The van der Waals surface area contributed by atoms with Gasteiger partial charge in [-0.1, -0.05) is 93.5 Å². The third kappa shape index (κ3) is 12.5. The number of hydrogen-bond acceptors (Lipinski definition) is 9. The largest absolute Gasteiger partial charge is 0.441 e. The number of alkyl carbamates (subject to hydrolysis) is 1. The van der Waals surface area contributed by atoms with Crippen molar-refractivity contribution >= 4 is 29.4 Å². The first-order valence-corrected chi connectivity index (χ1v) is 18.3. The first kappa shape index (κ1) is 39.0. The van der Waals surface area contributed by atoms with E-state index in [1.54, 1.807) is 22.3 Å². The van der Waals surface area contributed by atoms with Crippen molar-refractivity contribution in [2.24, 2.45) is 5.92 Å². The van der Waals surface area contributed by atoms with Crippen molar-refractivity contribution in [1.82, 2.24) is 31.0 Å². The molecule has 0 bridgehead atoms. The summed E-state index contributed by atoms with van der Waals surface area (Å²) in [5, 5.41) is 27.1. The predicted octanol–water partition coefficient (Wildman–Crippen LogP) is 5.83. The zero-order valence-electron chi connectivity index (χ0n) is 30.0. The average molecular weight is 719 g/mol. The summed E-state index contributed by atoms with van der Waals surface area (Å²) in [4.78, 5) is 46.6. The second-order valence-corrected chi connectivity index (χ2v) is 14.1. The number of carbonyl (C=O) groups excluding carboxylic acids is 3. The summed E-state index contributed by atoms with van der Waals surface area (Å²) < 4.78 is 10.3. The molecule has 2 aromatic heterocycles. The highest BCUT2D eigenvalue weighted by Gasteiger charge is 2.31. The van der Waals surface area contributed by atoms with Crippen molar-refractivity contribution in [1.29, 1.82) is 0 Å². The van der Waals surface area contributed by atoms with E-state index in [0.29, 0.717) is 37.6 Å². The van der Waals surface area contributed by atoms with Crippen molar-refractivity contribution in [3.63, 3.8) is 0 Å². The molecular formula is C38H50N6O6S. The number of hydrogen-bond donors (Lipinski definition) is 4. The van der Waals surface area contributed by atoms with Gasteiger partial charge in [-0.15, -0.1) is 11.3 Å². The van der Waals surface area contributed by atoms with Crippen molar-refractivity contribution in [3.05, 3.63) is 106 Å². The van der Waals surface area contributed by atoms with Gasteiger partial charge in [0, 0.05) is 30.0 Å². The lowest BCUT2D eigenvalue weighted by Crippen LogP contribution is -2.56. The van der Waals surface area contributed by atoms with Crippen LogP contribution in [-0.2, 0) is 35.5 Å². The first-order chi connectivity index (χ1) is 24.5. The van der Waals surface area contributed by atoms with Crippen LogP contribution in [-0.4, -0.2) is 69.0 Å². The molecule has 274 valence electrons. The number of carbonyl (C=O) groups is 3. The zero-order chi connectivity index (χ0) is 36.8. The van der Waals surface area contributed by atoms with E-state index in [0.717, 1.165) is 21.8 Å². The standard InChI is InChI=1S/C38H50N6O6S/c1-6-44(22-30-24-51-36(41-30)26(4)5)37(47)43-34(25(2)3)35(46)40-29(19-27-13-9-7-10-14-27)21-33(45)32(20-28-15-11-8-12-16-28)42-38(48)49-23-31-17-18-39-50-31/h7-18,24-26,29,32-34,45H,6,19-23H2,1-5H3,(H,40,46)(H,42,48)(H,43,47)/t29-,32-,33-,34-/m0/s1. The van der Waals surface area contributed by atoms with Crippen LogP contribution in [0.3, 0.4) is 0 Å². The molecule has 0 fully saturated rings. The summed E-state index contributed by atoms with van der Waals surface area (Å²) in [6.07, 6.45) is 0.506. The van der Waals surface area contributed by atoms with Gasteiger partial charge in [-0.05, 0) is 43.2 Å². The molecule has 4 aromatic rings. The Morgan fingerprint density at radius 1 is 0.922 bits per heavy atom. The fourth-order valence-corrected chi connectivity index (χ4v) is 6.40. The molecule has 0 aliphatic carbocycles. The summed E-state index contributed by atoms with van der Waals surface area (Å²) in [6, 6.07) is 18.3. The van der Waals surface area contributed by atoms with Crippen LogP contribution in [0.5, 0.6) is 0 Å². The van der Waals surface area contributed by atoms with Crippen LogP contribution in [0, 0.1) is 5.92 Å². The number of aromatic nitrogens is 2. The molecule has 51 heavy (non-hydrogen) atoms. The quantitative estimate of drug-likeness (QED) is 0.100. The molecule has 0 saturated carbocycles. The highest BCUT2D eigenvalue weighted by molar-refractivity contribution is 7.09. The number of amides is 4. The maximum absolute atomic E-state index is 13.9. The van der Waals surface area contributed by atoms with Gasteiger partial charge in [-0.25, -0.2) is 14.6 Å². The lowest BCUT2D eigenvalue weighted by atomic mass is 9.93. The lowest BCUT2D eigenvalue weighted by Gasteiger charge is -2.31. The normalized spacial score (nSPS) is 13.6. The van der Waals surface area contributed by atoms with Crippen LogP contribution >= 0.6 is 11.3 Å². The Bertz CT molecular complexity index is 1630. The molecule has 4 N–H and O–H groups in total. The van der Waals surface area contributed by atoms with Crippen LogP contribution in [0.2, 0.25) is 0 Å². The number of thiazole rings is 1. The number of nitrogens with zero attached hydrogens (tertiary/aromatic N) is 3. The minimum Gasteiger partial charge on any atom is -0.441 e. The summed E-state index contributed by atoms with van der Waals surface area (Å²) >= 11 is 1.57. The minimum atomic E-state index is -1.08. The Kier molecular flexibility index (Phi) is 15.0. The molecule has 0 aliphatic heterocycles. The van der Waals surface area contributed by atoms with Gasteiger partial charge in [0.15, 0.2) is 12.4 Å². The van der Waals surface area contributed by atoms with Gasteiger partial charge < -0.3 is 35.2 Å². The average Bonchev–Trinajstić information content (AvgIpc) is 3.82. The smallest absolute Gasteiger partial charge is 0.407 e. The second-order valence-electron chi connectivity index (χ2n) is 13.2. The van der Waals surface area contributed by atoms with Crippen molar-refractivity contribution in [2.75, 3.05) is 6.54 Å². The van der Waals surface area contributed by atoms with E-state index in [4.69, 9.17) is 9.26 Å². The maximum Gasteiger partial charge on any atom is 0.407 e. The highest BCUT2D eigenvalue weighted by Crippen LogP contribution is 2.20. The lowest BCUT2D eigenvalue weighted by molar-refractivity contribution is -0.124. The zero-order valence-corrected chi connectivity index (χ0v) is 30.8. The van der Waals surface area contributed by atoms with E-state index in [-0.39, 0.29) is 30.9 Å². The topological polar surface area (TPSA) is 159 Å². The van der Waals surface area contributed by atoms with Gasteiger partial charge in [0.05, 0.1) is 35.6 Å². The second kappa shape index (κ2) is 19.6. The van der Waals surface area contributed by atoms with Crippen LogP contribution in [0.4, 0.5) is 9.59 Å². The molecule has 0 unspecified atom stereocenters. The maximum atomic E-state index is 13.9. The number of aliphatic hydroxyl groups is 1. The fraction of sp³-hybridized carbons (Fsp3) is 0.447. The molecule has 4 atom stereocenters. The summed E-state index contributed by atoms with van der Waals surface area (Å²) in [5.74, 6) is 0.0891. The van der Waals surface area contributed by atoms with Gasteiger partial charge in [-0.2, -0.15) is 0 Å². The molecule has 0 radical (unpaired) electrons. The van der Waals surface area contributed by atoms with E-state index >= 15 is 0 Å². The van der Waals surface area contributed by atoms with Crippen LogP contribution in [0.15, 0.2) is 82.8 Å². The van der Waals surface area contributed by atoms with E-state index < -0.39 is 30.3 Å². The molecule has 0 aliphatic rings. The van der Waals surface area contributed by atoms with E-state index in [1.165, 1.54) is 6.20 Å². The molecule has 4 rings (SSSR count). The number of ether oxygens (including phenoxy) is 1. The molecule has 13 heteroatoms.